The van der Waals surface area contributed by atoms with Gasteiger partial charge in [-0.05, 0) is 18.6 Å². The Labute approximate surface area is 124 Å². The van der Waals surface area contributed by atoms with Gasteiger partial charge in [-0.3, -0.25) is 4.79 Å². The number of diazo groups is 1. The zero-order chi connectivity index (χ0) is 15.0. The molecule has 5 nitrogen and oxygen atoms in total. The fraction of sp³-hybridized carbons (Fsp3) is 0.133. The maximum Gasteiger partial charge on any atom is 0.491 e. The Hall–Kier alpha value is -2.65. The summed E-state index contributed by atoms with van der Waals surface area (Å²) in [4.78, 5) is 16.0. The van der Waals surface area contributed by atoms with Crippen molar-refractivity contribution in [2.24, 2.45) is 0 Å². The fourth-order valence-corrected chi connectivity index (χ4v) is 3.46. The molecule has 104 valence electrons. The van der Waals surface area contributed by atoms with Gasteiger partial charge in [-0.2, -0.15) is 0 Å². The Morgan fingerprint density at radius 3 is 2.67 bits per heavy atom. The minimum absolute atomic E-state index is 0.269. The van der Waals surface area contributed by atoms with Crippen molar-refractivity contribution in [2.75, 3.05) is 0 Å². The first-order chi connectivity index (χ1) is 10.2. The van der Waals surface area contributed by atoms with Crippen molar-refractivity contribution in [3.63, 3.8) is 0 Å². The molecule has 0 unspecified atom stereocenters. The van der Waals surface area contributed by atoms with Gasteiger partial charge in [0.1, 0.15) is 4.70 Å². The summed E-state index contributed by atoms with van der Waals surface area (Å²) in [5.74, 6) is -0.269. The average molecular weight is 298 g/mol. The second-order valence-electron chi connectivity index (χ2n) is 4.54. The highest BCUT2D eigenvalue weighted by Gasteiger charge is 2.27. The molecule has 0 aliphatic rings. The normalized spacial score (nSPS) is 10.7. The first kappa shape index (κ1) is 13.3. The largest absolute Gasteiger partial charge is 0.500 e. The van der Waals surface area contributed by atoms with Crippen LogP contribution in [0.4, 0.5) is 5.69 Å². The van der Waals surface area contributed by atoms with E-state index in [1.54, 1.807) is 0 Å². The number of benzene rings is 1. The molecule has 1 N–H and O–H groups in total. The number of hydrogen-bond acceptors (Lipinski definition) is 4. The zero-order valence-corrected chi connectivity index (χ0v) is 12.1. The molecule has 0 bridgehead atoms. The van der Waals surface area contributed by atoms with Crippen molar-refractivity contribution in [2.45, 2.75) is 13.5 Å². The van der Waals surface area contributed by atoms with E-state index in [0.29, 0.717) is 16.8 Å². The van der Waals surface area contributed by atoms with Crippen molar-refractivity contribution in [1.82, 2.24) is 4.57 Å². The lowest BCUT2D eigenvalue weighted by molar-refractivity contribution is 0.483. The third-order valence-corrected chi connectivity index (χ3v) is 4.54. The molecule has 0 spiro atoms. The topological polar surface area (TPSA) is 70.4 Å². The van der Waals surface area contributed by atoms with Crippen molar-refractivity contribution in [3.8, 4) is 16.2 Å². The molecule has 0 fully saturated rings. The lowest BCUT2D eigenvalue weighted by Gasteiger charge is -2.02. The summed E-state index contributed by atoms with van der Waals surface area (Å²) in [6.07, 6.45) is 0. The number of pyridine rings is 1. The number of hydrogen-bond donors (Lipinski definition) is 1. The van der Waals surface area contributed by atoms with Crippen molar-refractivity contribution in [3.05, 3.63) is 51.7 Å². The Bertz CT molecular complexity index is 920. The SMILES string of the molecule is CCn1c(=O)c([N+]#N)c(O)c2sc(-c3ccccc3)cc21. The average Bonchev–Trinajstić information content (AvgIpc) is 2.94. The number of rotatable bonds is 2. The minimum Gasteiger partial charge on any atom is -0.500 e. The van der Waals surface area contributed by atoms with Crippen molar-refractivity contribution >= 4 is 27.2 Å². The molecule has 0 atom stereocenters. The highest BCUT2D eigenvalue weighted by atomic mass is 32.1. The summed E-state index contributed by atoms with van der Waals surface area (Å²) < 4.78 is 2.04. The summed E-state index contributed by atoms with van der Waals surface area (Å²) in [6.45, 7) is 2.27. The van der Waals surface area contributed by atoms with Gasteiger partial charge in [0.2, 0.25) is 11.1 Å². The van der Waals surface area contributed by atoms with Crippen LogP contribution in [0, 0.1) is 5.39 Å². The minimum atomic E-state index is -0.498. The van der Waals surface area contributed by atoms with E-state index in [-0.39, 0.29) is 11.4 Å². The van der Waals surface area contributed by atoms with Gasteiger partial charge in [0.25, 0.3) is 0 Å². The summed E-state index contributed by atoms with van der Waals surface area (Å²) in [7, 11) is 0. The molecule has 0 saturated carbocycles. The smallest absolute Gasteiger partial charge is 0.491 e. The van der Waals surface area contributed by atoms with E-state index in [1.165, 1.54) is 15.9 Å². The second-order valence-corrected chi connectivity index (χ2v) is 5.59. The van der Waals surface area contributed by atoms with Crippen LogP contribution >= 0.6 is 11.3 Å². The highest BCUT2D eigenvalue weighted by Crippen LogP contribution is 2.40. The molecular weight excluding hydrogens is 286 g/mol. The lowest BCUT2D eigenvalue weighted by Crippen LogP contribution is -2.18. The molecule has 0 radical (unpaired) electrons. The van der Waals surface area contributed by atoms with E-state index in [4.69, 9.17) is 5.39 Å². The van der Waals surface area contributed by atoms with Crippen LogP contribution in [0.5, 0.6) is 5.75 Å². The number of fused-ring (bicyclic) bond motifs is 1. The first-order valence-electron chi connectivity index (χ1n) is 6.47. The van der Waals surface area contributed by atoms with Crippen LogP contribution in [0.15, 0.2) is 41.2 Å². The van der Waals surface area contributed by atoms with E-state index in [1.807, 2.05) is 43.3 Å². The molecule has 0 amide bonds. The van der Waals surface area contributed by atoms with Gasteiger partial charge in [0.05, 0.1) is 5.52 Å². The summed E-state index contributed by atoms with van der Waals surface area (Å²) in [5.41, 5.74) is 0.847. The van der Waals surface area contributed by atoms with Gasteiger partial charge in [0.15, 0.2) is 4.98 Å². The van der Waals surface area contributed by atoms with Gasteiger partial charge in [0, 0.05) is 11.4 Å². The molecule has 1 aromatic carbocycles. The van der Waals surface area contributed by atoms with Crippen LogP contribution in [0.1, 0.15) is 6.92 Å². The Morgan fingerprint density at radius 1 is 1.33 bits per heavy atom. The van der Waals surface area contributed by atoms with Crippen molar-refractivity contribution in [1.29, 1.82) is 5.39 Å². The maximum atomic E-state index is 12.2. The monoisotopic (exact) mass is 298 g/mol. The van der Waals surface area contributed by atoms with Gasteiger partial charge < -0.3 is 9.67 Å². The Kier molecular flexibility index (Phi) is 3.20. The van der Waals surface area contributed by atoms with Crippen molar-refractivity contribution < 1.29 is 5.11 Å². The summed E-state index contributed by atoms with van der Waals surface area (Å²) >= 11 is 1.36. The van der Waals surface area contributed by atoms with Crippen LogP contribution < -0.4 is 5.56 Å². The van der Waals surface area contributed by atoms with Crippen LogP contribution in [0.3, 0.4) is 0 Å². The molecule has 3 aromatic rings. The zero-order valence-electron chi connectivity index (χ0n) is 11.3. The number of thiophene rings is 1. The molecule has 0 aliphatic carbocycles. The number of aryl methyl sites for hydroxylation is 1. The van der Waals surface area contributed by atoms with Crippen LogP contribution in [0.2, 0.25) is 0 Å². The third kappa shape index (κ3) is 1.99. The third-order valence-electron chi connectivity index (χ3n) is 3.36. The number of aromatic nitrogens is 1. The highest BCUT2D eigenvalue weighted by molar-refractivity contribution is 7.22. The second kappa shape index (κ2) is 5.04. The predicted molar refractivity (Wildman–Crippen MR) is 83.6 cm³/mol. The van der Waals surface area contributed by atoms with Gasteiger partial charge in [-0.1, -0.05) is 30.3 Å². The molecule has 6 heteroatoms. The predicted octanol–water partition coefficient (Wildman–Crippen LogP) is 3.94. The Balaban J connectivity index is 2.39. The van der Waals surface area contributed by atoms with Gasteiger partial charge >= 0.3 is 11.2 Å². The van der Waals surface area contributed by atoms with Gasteiger partial charge in [-0.15, -0.1) is 11.3 Å². The fourth-order valence-electron chi connectivity index (χ4n) is 2.35. The Morgan fingerprint density at radius 2 is 2.05 bits per heavy atom. The molecule has 0 aliphatic heterocycles. The van der Waals surface area contributed by atoms with Crippen LogP contribution in [0.25, 0.3) is 25.6 Å². The summed E-state index contributed by atoms with van der Waals surface area (Å²) in [6, 6.07) is 11.6. The summed E-state index contributed by atoms with van der Waals surface area (Å²) in [5, 5.41) is 19.1. The lowest BCUT2D eigenvalue weighted by atomic mass is 10.2. The molecule has 2 heterocycles. The molecule has 21 heavy (non-hydrogen) atoms. The van der Waals surface area contributed by atoms with E-state index < -0.39 is 5.56 Å². The molecule has 2 aromatic heterocycles. The molecular formula is C15H12N3O2S+. The number of aromatic hydroxyl groups is 1. The number of nitrogens with zero attached hydrogens (tertiary/aromatic N) is 3. The maximum absolute atomic E-state index is 12.2. The van der Waals surface area contributed by atoms with Crippen LogP contribution in [-0.4, -0.2) is 9.67 Å². The van der Waals surface area contributed by atoms with E-state index >= 15 is 0 Å². The molecule has 3 rings (SSSR count). The molecule has 0 saturated heterocycles. The van der Waals surface area contributed by atoms with E-state index in [2.05, 4.69) is 4.98 Å². The quantitative estimate of drug-likeness (QED) is 0.728. The first-order valence-corrected chi connectivity index (χ1v) is 7.28. The van der Waals surface area contributed by atoms with E-state index in [9.17, 15) is 9.90 Å². The van der Waals surface area contributed by atoms with Crippen LogP contribution in [-0.2, 0) is 6.54 Å². The van der Waals surface area contributed by atoms with E-state index in [0.717, 1.165) is 10.4 Å². The van der Waals surface area contributed by atoms with Gasteiger partial charge in [-0.25, -0.2) is 0 Å². The standard InChI is InChI=1S/C15H11N3O2S/c1-2-18-10-8-11(9-6-4-3-5-7-9)21-14(10)13(19)12(17-16)15(18)20/h3-8H,2H2,1H3/p+1.